The van der Waals surface area contributed by atoms with Crippen LogP contribution in [0.25, 0.3) is 0 Å². The van der Waals surface area contributed by atoms with Crippen molar-refractivity contribution in [1.29, 1.82) is 0 Å². The predicted molar refractivity (Wildman–Crippen MR) is 87.0 cm³/mol. The Morgan fingerprint density at radius 2 is 1.91 bits per heavy atom. The van der Waals surface area contributed by atoms with Crippen LogP contribution in [0.2, 0.25) is 0 Å². The molecule has 0 atom stereocenters. The second kappa shape index (κ2) is 6.65. The minimum absolute atomic E-state index is 0.0295. The number of furan rings is 1. The molecule has 1 amide bonds. The second-order valence-electron chi connectivity index (χ2n) is 6.55. The number of nitrogens with zero attached hydrogens (tertiary/aromatic N) is 2. The first-order valence-electron chi connectivity index (χ1n) is 8.23. The Morgan fingerprint density at radius 1 is 1.26 bits per heavy atom. The van der Waals surface area contributed by atoms with Crippen molar-refractivity contribution in [2.75, 3.05) is 31.6 Å². The molecule has 0 aliphatic carbocycles. The van der Waals surface area contributed by atoms with Gasteiger partial charge in [-0.3, -0.25) is 9.69 Å². The number of rotatable bonds is 4. The van der Waals surface area contributed by atoms with E-state index in [1.165, 1.54) is 12.8 Å². The summed E-state index contributed by atoms with van der Waals surface area (Å²) in [5.41, 5.74) is 0. The normalized spacial score (nSPS) is 22.3. The number of sulfone groups is 1. The number of carbonyl (C=O) groups excluding carboxylic acids is 1. The third kappa shape index (κ3) is 3.95. The van der Waals surface area contributed by atoms with Gasteiger partial charge in [0, 0.05) is 13.1 Å². The lowest BCUT2D eigenvalue weighted by Crippen LogP contribution is -2.42. The van der Waals surface area contributed by atoms with Crippen LogP contribution in [0.3, 0.4) is 0 Å². The summed E-state index contributed by atoms with van der Waals surface area (Å²) >= 11 is 0. The fraction of sp³-hybridized carbons (Fsp3) is 0.688. The van der Waals surface area contributed by atoms with Gasteiger partial charge in [0.25, 0.3) is 5.91 Å². The van der Waals surface area contributed by atoms with Crippen molar-refractivity contribution in [2.45, 2.75) is 38.3 Å². The molecular weight excluding hydrogens is 316 g/mol. The monoisotopic (exact) mass is 340 g/mol. The van der Waals surface area contributed by atoms with Gasteiger partial charge >= 0.3 is 0 Å². The van der Waals surface area contributed by atoms with Gasteiger partial charge < -0.3 is 9.32 Å². The topological polar surface area (TPSA) is 70.8 Å². The van der Waals surface area contributed by atoms with Crippen molar-refractivity contribution < 1.29 is 17.6 Å². The van der Waals surface area contributed by atoms with Crippen molar-refractivity contribution >= 4 is 15.7 Å². The van der Waals surface area contributed by atoms with E-state index in [2.05, 4.69) is 4.90 Å². The van der Waals surface area contributed by atoms with Crippen LogP contribution in [0.4, 0.5) is 0 Å². The molecule has 23 heavy (non-hydrogen) atoms. The summed E-state index contributed by atoms with van der Waals surface area (Å²) < 4.78 is 28.7. The van der Waals surface area contributed by atoms with Gasteiger partial charge in [0.05, 0.1) is 18.1 Å². The van der Waals surface area contributed by atoms with E-state index in [1.807, 2.05) is 6.07 Å². The zero-order chi connectivity index (χ0) is 16.4. The standard InChI is InChI=1S/C16H24N2O4S/c1-17(13-6-10-23(20,21)11-7-13)16(19)15-5-4-14(22-15)12-18-8-2-3-9-18/h4-5,13H,2-3,6-12H2,1H3. The summed E-state index contributed by atoms with van der Waals surface area (Å²) in [5, 5.41) is 0. The fourth-order valence-electron chi connectivity index (χ4n) is 3.34. The molecular formula is C16H24N2O4S. The maximum Gasteiger partial charge on any atom is 0.289 e. The Hall–Kier alpha value is -1.34. The first kappa shape index (κ1) is 16.5. The van der Waals surface area contributed by atoms with E-state index >= 15 is 0 Å². The largest absolute Gasteiger partial charge is 0.455 e. The first-order valence-corrected chi connectivity index (χ1v) is 10.1. The van der Waals surface area contributed by atoms with E-state index in [4.69, 9.17) is 4.42 Å². The molecule has 1 aromatic rings. The molecule has 3 rings (SSSR count). The van der Waals surface area contributed by atoms with Crippen LogP contribution < -0.4 is 0 Å². The van der Waals surface area contributed by atoms with E-state index in [9.17, 15) is 13.2 Å². The Bertz CT molecular complexity index is 647. The zero-order valence-electron chi connectivity index (χ0n) is 13.5. The Balaban J connectivity index is 1.60. The average molecular weight is 340 g/mol. The molecule has 0 saturated carbocycles. The molecule has 2 aliphatic rings. The highest BCUT2D eigenvalue weighted by Crippen LogP contribution is 2.21. The summed E-state index contributed by atoms with van der Waals surface area (Å²) in [6, 6.07) is 3.56. The lowest BCUT2D eigenvalue weighted by molar-refractivity contribution is 0.0686. The molecule has 2 saturated heterocycles. The summed E-state index contributed by atoms with van der Waals surface area (Å²) in [4.78, 5) is 16.5. The van der Waals surface area contributed by atoms with E-state index in [1.54, 1.807) is 18.0 Å². The van der Waals surface area contributed by atoms with Crippen molar-refractivity contribution in [1.82, 2.24) is 9.80 Å². The Morgan fingerprint density at radius 3 is 2.57 bits per heavy atom. The smallest absolute Gasteiger partial charge is 0.289 e. The van der Waals surface area contributed by atoms with E-state index in [0.717, 1.165) is 25.4 Å². The van der Waals surface area contributed by atoms with Gasteiger partial charge in [0.2, 0.25) is 0 Å². The molecule has 1 aromatic heterocycles. The van der Waals surface area contributed by atoms with E-state index in [0.29, 0.717) is 18.6 Å². The molecule has 0 radical (unpaired) electrons. The van der Waals surface area contributed by atoms with Gasteiger partial charge in [-0.1, -0.05) is 0 Å². The average Bonchev–Trinajstić information content (AvgIpc) is 3.18. The molecule has 6 nitrogen and oxygen atoms in total. The third-order valence-corrected chi connectivity index (χ3v) is 6.56. The number of likely N-dealkylation sites (tertiary alicyclic amines) is 1. The van der Waals surface area contributed by atoms with Gasteiger partial charge in [0.1, 0.15) is 15.6 Å². The summed E-state index contributed by atoms with van der Waals surface area (Å²) in [5.74, 6) is 1.31. The summed E-state index contributed by atoms with van der Waals surface area (Å²) in [6.45, 7) is 2.92. The van der Waals surface area contributed by atoms with Crippen LogP contribution in [0.5, 0.6) is 0 Å². The molecule has 0 N–H and O–H groups in total. The third-order valence-electron chi connectivity index (χ3n) is 4.84. The molecule has 3 heterocycles. The second-order valence-corrected chi connectivity index (χ2v) is 8.85. The van der Waals surface area contributed by atoms with E-state index in [-0.39, 0.29) is 23.5 Å². The van der Waals surface area contributed by atoms with Gasteiger partial charge in [-0.2, -0.15) is 0 Å². The quantitative estimate of drug-likeness (QED) is 0.831. The van der Waals surface area contributed by atoms with E-state index < -0.39 is 9.84 Å². The van der Waals surface area contributed by atoms with Crippen LogP contribution in [-0.4, -0.2) is 61.8 Å². The van der Waals surface area contributed by atoms with Crippen LogP contribution >= 0.6 is 0 Å². The summed E-state index contributed by atoms with van der Waals surface area (Å²) in [7, 11) is -1.19. The molecule has 0 bridgehead atoms. The van der Waals surface area contributed by atoms with Crippen LogP contribution in [-0.2, 0) is 16.4 Å². The minimum Gasteiger partial charge on any atom is -0.455 e. The van der Waals surface area contributed by atoms with Gasteiger partial charge in [-0.05, 0) is 50.9 Å². The highest BCUT2D eigenvalue weighted by Gasteiger charge is 2.30. The number of amides is 1. The lowest BCUT2D eigenvalue weighted by atomic mass is 10.1. The Labute approximate surface area is 137 Å². The number of carbonyl (C=O) groups is 1. The fourth-order valence-corrected chi connectivity index (χ4v) is 4.81. The van der Waals surface area contributed by atoms with Crippen molar-refractivity contribution in [3.05, 3.63) is 23.7 Å². The number of hydrogen-bond donors (Lipinski definition) is 0. The van der Waals surface area contributed by atoms with Gasteiger partial charge in [-0.15, -0.1) is 0 Å². The lowest BCUT2D eigenvalue weighted by Gasteiger charge is -2.30. The molecule has 128 valence electrons. The number of hydrogen-bond acceptors (Lipinski definition) is 5. The minimum atomic E-state index is -2.92. The SMILES string of the molecule is CN(C(=O)c1ccc(CN2CCCC2)o1)C1CCS(=O)(=O)CC1. The maximum absolute atomic E-state index is 12.5. The highest BCUT2D eigenvalue weighted by molar-refractivity contribution is 7.91. The molecule has 7 heteroatoms. The van der Waals surface area contributed by atoms with Crippen LogP contribution in [0.15, 0.2) is 16.5 Å². The predicted octanol–water partition coefficient (Wildman–Crippen LogP) is 1.52. The first-order chi connectivity index (χ1) is 10.9. The van der Waals surface area contributed by atoms with Crippen molar-refractivity contribution in [3.63, 3.8) is 0 Å². The molecule has 2 fully saturated rings. The van der Waals surface area contributed by atoms with Crippen LogP contribution in [0.1, 0.15) is 42.0 Å². The molecule has 0 spiro atoms. The van der Waals surface area contributed by atoms with Crippen molar-refractivity contribution in [3.8, 4) is 0 Å². The Kier molecular flexibility index (Phi) is 4.77. The maximum atomic E-state index is 12.5. The highest BCUT2D eigenvalue weighted by atomic mass is 32.2. The zero-order valence-corrected chi connectivity index (χ0v) is 14.3. The van der Waals surface area contributed by atoms with Crippen LogP contribution in [0, 0.1) is 0 Å². The van der Waals surface area contributed by atoms with Crippen molar-refractivity contribution in [2.24, 2.45) is 0 Å². The molecule has 2 aliphatic heterocycles. The molecule has 0 unspecified atom stereocenters. The summed E-state index contributed by atoms with van der Waals surface area (Å²) in [6.07, 6.45) is 3.46. The molecule has 0 aromatic carbocycles. The van der Waals surface area contributed by atoms with Gasteiger partial charge in [-0.25, -0.2) is 8.42 Å². The van der Waals surface area contributed by atoms with Gasteiger partial charge in [0.15, 0.2) is 5.76 Å².